The summed E-state index contributed by atoms with van der Waals surface area (Å²) in [5.74, 6) is 0.233. The Kier molecular flexibility index (Phi) is 4.20. The molecule has 0 unspecified atom stereocenters. The maximum atomic E-state index is 13.3. The van der Waals surface area contributed by atoms with Crippen molar-refractivity contribution in [3.05, 3.63) is 40.8 Å². The minimum absolute atomic E-state index is 0.0833. The minimum atomic E-state index is -4.47. The van der Waals surface area contributed by atoms with E-state index in [1.165, 1.54) is 10.9 Å². The lowest BCUT2D eigenvalue weighted by Crippen LogP contribution is -2.27. The van der Waals surface area contributed by atoms with Crippen molar-refractivity contribution in [2.75, 3.05) is 13.1 Å². The number of nitrogens with zero attached hydrogens (tertiary/aromatic N) is 4. The summed E-state index contributed by atoms with van der Waals surface area (Å²) in [6, 6.07) is 3.19. The van der Waals surface area contributed by atoms with Gasteiger partial charge in [-0.1, -0.05) is 0 Å². The van der Waals surface area contributed by atoms with Gasteiger partial charge in [0.25, 0.3) is 5.91 Å². The Morgan fingerprint density at radius 1 is 1.04 bits per heavy atom. The van der Waals surface area contributed by atoms with Gasteiger partial charge in [-0.05, 0) is 50.7 Å². The van der Waals surface area contributed by atoms with Crippen LogP contribution < -0.4 is 0 Å². The first kappa shape index (κ1) is 17.1. The van der Waals surface area contributed by atoms with Gasteiger partial charge in [-0.2, -0.15) is 18.3 Å². The van der Waals surface area contributed by atoms with Crippen LogP contribution in [-0.4, -0.2) is 38.7 Å². The number of halogens is 3. The van der Waals surface area contributed by atoms with E-state index < -0.39 is 11.9 Å². The highest BCUT2D eigenvalue weighted by atomic mass is 19.4. The van der Waals surface area contributed by atoms with Gasteiger partial charge in [0.1, 0.15) is 0 Å². The maximum absolute atomic E-state index is 13.3. The largest absolute Gasteiger partial charge is 0.435 e. The molecule has 1 aliphatic heterocycles. The third-order valence-corrected chi connectivity index (χ3v) is 5.05. The van der Waals surface area contributed by atoms with Crippen LogP contribution in [0, 0.1) is 0 Å². The van der Waals surface area contributed by atoms with E-state index in [0.717, 1.165) is 38.8 Å². The van der Waals surface area contributed by atoms with Crippen molar-refractivity contribution in [1.29, 1.82) is 0 Å². The van der Waals surface area contributed by atoms with Crippen LogP contribution in [0.5, 0.6) is 0 Å². The number of aromatic nitrogens is 3. The monoisotopic (exact) mass is 364 g/mol. The highest BCUT2D eigenvalue weighted by Gasteiger charge is 2.39. The first-order chi connectivity index (χ1) is 12.4. The van der Waals surface area contributed by atoms with Crippen LogP contribution in [0.3, 0.4) is 0 Å². The molecule has 2 aromatic heterocycles. The molecule has 26 heavy (non-hydrogen) atoms. The van der Waals surface area contributed by atoms with Crippen LogP contribution in [0.4, 0.5) is 13.2 Å². The van der Waals surface area contributed by atoms with Gasteiger partial charge in [-0.25, -0.2) is 9.67 Å². The summed E-state index contributed by atoms with van der Waals surface area (Å²) in [7, 11) is 0. The molecular formula is C18H19F3N4O. The summed E-state index contributed by atoms with van der Waals surface area (Å²) in [6.45, 7) is 1.48. The zero-order chi connectivity index (χ0) is 18.3. The predicted molar refractivity (Wildman–Crippen MR) is 88.1 cm³/mol. The second kappa shape index (κ2) is 6.41. The van der Waals surface area contributed by atoms with Crippen LogP contribution in [0.25, 0.3) is 5.82 Å². The highest BCUT2D eigenvalue weighted by Crippen LogP contribution is 2.36. The zero-order valence-corrected chi connectivity index (χ0v) is 14.2. The molecule has 5 nitrogen and oxygen atoms in total. The molecule has 1 fully saturated rings. The van der Waals surface area contributed by atoms with Gasteiger partial charge in [-0.3, -0.25) is 4.79 Å². The molecule has 0 saturated carbocycles. The summed E-state index contributed by atoms with van der Waals surface area (Å²) in [6.07, 6.45) is 1.45. The Labute approximate surface area is 148 Å². The number of carbonyl (C=O) groups excluding carboxylic acids is 1. The fourth-order valence-electron chi connectivity index (χ4n) is 3.76. The first-order valence-corrected chi connectivity index (χ1v) is 8.89. The quantitative estimate of drug-likeness (QED) is 0.821. The van der Waals surface area contributed by atoms with Crippen molar-refractivity contribution in [2.24, 2.45) is 0 Å². The van der Waals surface area contributed by atoms with Crippen molar-refractivity contribution < 1.29 is 18.0 Å². The van der Waals surface area contributed by atoms with Crippen molar-refractivity contribution >= 4 is 5.91 Å². The van der Waals surface area contributed by atoms with E-state index >= 15 is 0 Å². The third-order valence-electron chi connectivity index (χ3n) is 5.05. The average molecular weight is 364 g/mol. The number of carbonyl (C=O) groups is 1. The lowest BCUT2D eigenvalue weighted by Gasteiger charge is -2.16. The van der Waals surface area contributed by atoms with Gasteiger partial charge in [0.15, 0.2) is 11.5 Å². The second-order valence-corrected chi connectivity index (χ2v) is 6.79. The standard InChI is InChI=1S/C18H19F3N4O/c19-18(20,21)16-13-5-1-2-6-14(13)25(23-16)15-8-7-12(11-22-15)17(26)24-9-3-4-10-24/h7-8,11H,1-6,9-10H2. The second-order valence-electron chi connectivity index (χ2n) is 6.79. The summed E-state index contributed by atoms with van der Waals surface area (Å²) in [5.41, 5.74) is 0.497. The van der Waals surface area contributed by atoms with Crippen LogP contribution in [0.15, 0.2) is 18.3 Å². The molecule has 0 aromatic carbocycles. The topological polar surface area (TPSA) is 51.0 Å². The van der Waals surface area contributed by atoms with Gasteiger partial charge in [0.2, 0.25) is 0 Å². The Balaban J connectivity index is 1.67. The number of fused-ring (bicyclic) bond motifs is 1. The summed E-state index contributed by atoms with van der Waals surface area (Å²) in [4.78, 5) is 18.4. The lowest BCUT2D eigenvalue weighted by molar-refractivity contribution is -0.142. The van der Waals surface area contributed by atoms with Crippen LogP contribution >= 0.6 is 0 Å². The fourth-order valence-corrected chi connectivity index (χ4v) is 3.76. The molecule has 138 valence electrons. The Hall–Kier alpha value is -2.38. The zero-order valence-electron chi connectivity index (χ0n) is 14.2. The molecule has 0 bridgehead atoms. The molecule has 2 aliphatic rings. The molecular weight excluding hydrogens is 345 g/mol. The van der Waals surface area contributed by atoms with E-state index in [9.17, 15) is 18.0 Å². The summed E-state index contributed by atoms with van der Waals surface area (Å²) < 4.78 is 41.2. The molecule has 1 aliphatic carbocycles. The summed E-state index contributed by atoms with van der Waals surface area (Å²) in [5, 5.41) is 3.82. The molecule has 1 amide bonds. The van der Waals surface area contributed by atoms with E-state index in [1.54, 1.807) is 17.0 Å². The van der Waals surface area contributed by atoms with Crippen molar-refractivity contribution in [1.82, 2.24) is 19.7 Å². The van der Waals surface area contributed by atoms with E-state index in [1.807, 2.05) is 0 Å². The predicted octanol–water partition coefficient (Wildman–Crippen LogP) is 3.40. The van der Waals surface area contributed by atoms with Gasteiger partial charge < -0.3 is 4.90 Å². The number of alkyl halides is 3. The molecule has 1 saturated heterocycles. The molecule has 4 rings (SSSR count). The van der Waals surface area contributed by atoms with Crippen LogP contribution in [-0.2, 0) is 19.0 Å². The number of pyridine rings is 1. The van der Waals surface area contributed by atoms with Crippen molar-refractivity contribution in [2.45, 2.75) is 44.7 Å². The van der Waals surface area contributed by atoms with Gasteiger partial charge in [0.05, 0.1) is 5.56 Å². The maximum Gasteiger partial charge on any atom is 0.435 e. The summed E-state index contributed by atoms with van der Waals surface area (Å²) >= 11 is 0. The molecule has 3 heterocycles. The van der Waals surface area contributed by atoms with Gasteiger partial charge >= 0.3 is 6.18 Å². The number of likely N-dealkylation sites (tertiary alicyclic amines) is 1. The molecule has 8 heteroatoms. The Morgan fingerprint density at radius 3 is 2.42 bits per heavy atom. The number of amides is 1. The number of hydrogen-bond acceptors (Lipinski definition) is 3. The molecule has 0 spiro atoms. The Bertz CT molecular complexity index is 820. The van der Waals surface area contributed by atoms with E-state index in [4.69, 9.17) is 0 Å². The molecule has 0 N–H and O–H groups in total. The Morgan fingerprint density at radius 2 is 1.77 bits per heavy atom. The lowest BCUT2D eigenvalue weighted by atomic mass is 9.95. The first-order valence-electron chi connectivity index (χ1n) is 8.89. The fraction of sp³-hybridized carbons (Fsp3) is 0.500. The smallest absolute Gasteiger partial charge is 0.339 e. The average Bonchev–Trinajstić information content (AvgIpc) is 3.29. The van der Waals surface area contributed by atoms with Crippen LogP contribution in [0.2, 0.25) is 0 Å². The van der Waals surface area contributed by atoms with E-state index in [-0.39, 0.29) is 11.5 Å². The van der Waals surface area contributed by atoms with Gasteiger partial charge in [0, 0.05) is 30.5 Å². The molecule has 0 radical (unpaired) electrons. The third kappa shape index (κ3) is 2.97. The van der Waals surface area contributed by atoms with E-state index in [0.29, 0.717) is 29.9 Å². The van der Waals surface area contributed by atoms with Crippen molar-refractivity contribution in [3.63, 3.8) is 0 Å². The molecule has 2 aromatic rings. The molecule has 0 atom stereocenters. The SMILES string of the molecule is O=C(c1ccc(-n2nc(C(F)(F)F)c3c2CCCC3)nc1)N1CCCC1. The normalized spacial score (nSPS) is 17.4. The van der Waals surface area contributed by atoms with Gasteiger partial charge in [-0.15, -0.1) is 0 Å². The number of hydrogen-bond donors (Lipinski definition) is 0. The van der Waals surface area contributed by atoms with Crippen LogP contribution in [0.1, 0.15) is 53.0 Å². The highest BCUT2D eigenvalue weighted by molar-refractivity contribution is 5.94. The van der Waals surface area contributed by atoms with E-state index in [2.05, 4.69) is 10.1 Å². The minimum Gasteiger partial charge on any atom is -0.339 e. The number of rotatable bonds is 2. The van der Waals surface area contributed by atoms with Crippen molar-refractivity contribution in [3.8, 4) is 5.82 Å².